The van der Waals surface area contributed by atoms with Gasteiger partial charge in [-0.25, -0.2) is 0 Å². The Morgan fingerprint density at radius 3 is 2.67 bits per heavy atom. The normalized spacial score (nSPS) is 12.5. The number of rotatable bonds is 9. The largest absolute Gasteiger partial charge is 0.317 e. The van der Waals surface area contributed by atoms with Crippen LogP contribution >= 0.6 is 0 Å². The molecule has 0 saturated heterocycles. The summed E-state index contributed by atoms with van der Waals surface area (Å²) in [6, 6.07) is 11.1. The molecule has 21 heavy (non-hydrogen) atoms. The Balaban J connectivity index is 1.98. The van der Waals surface area contributed by atoms with Crippen LogP contribution < -0.4 is 5.32 Å². The molecule has 0 aliphatic carbocycles. The molecular formula is C17H26N4. The molecule has 0 saturated carbocycles. The van der Waals surface area contributed by atoms with Crippen LogP contribution in [0, 0.1) is 0 Å². The van der Waals surface area contributed by atoms with E-state index in [0.29, 0.717) is 6.04 Å². The first kappa shape index (κ1) is 15.7. The molecule has 4 nitrogen and oxygen atoms in total. The molecular weight excluding hydrogens is 260 g/mol. The number of aryl methyl sites for hydroxylation is 1. The third-order valence-electron chi connectivity index (χ3n) is 3.84. The zero-order valence-corrected chi connectivity index (χ0v) is 13.1. The van der Waals surface area contributed by atoms with Crippen LogP contribution in [0.15, 0.2) is 36.7 Å². The molecule has 0 bridgehead atoms. The Bertz CT molecular complexity index is 507. The number of unbranched alkanes of at least 4 members (excludes halogenated alkanes) is 2. The van der Waals surface area contributed by atoms with Crippen molar-refractivity contribution in [2.45, 2.75) is 58.7 Å². The van der Waals surface area contributed by atoms with Crippen molar-refractivity contribution in [2.24, 2.45) is 0 Å². The molecule has 0 spiro atoms. The fourth-order valence-electron chi connectivity index (χ4n) is 2.56. The third kappa shape index (κ3) is 4.67. The van der Waals surface area contributed by atoms with E-state index in [0.717, 1.165) is 25.3 Å². The average Bonchev–Trinajstić information content (AvgIpc) is 2.99. The first-order valence-electron chi connectivity index (χ1n) is 8.00. The SMILES string of the molecule is CCCCCC(NCc1nncn1CC)c1ccccc1. The standard InChI is InChI=1S/C17H26N4/c1-3-5-7-12-16(15-10-8-6-9-11-15)18-13-17-20-19-14-21(17)4-2/h6,8-11,14,16,18H,3-5,7,12-13H2,1-2H3. The van der Waals surface area contributed by atoms with Gasteiger partial charge in [-0.15, -0.1) is 10.2 Å². The molecule has 1 heterocycles. The van der Waals surface area contributed by atoms with Crippen LogP contribution in [0.3, 0.4) is 0 Å². The van der Waals surface area contributed by atoms with Gasteiger partial charge in [0.05, 0.1) is 6.54 Å². The summed E-state index contributed by atoms with van der Waals surface area (Å²) in [7, 11) is 0. The number of nitrogens with one attached hydrogen (secondary N) is 1. The fourth-order valence-corrected chi connectivity index (χ4v) is 2.56. The number of nitrogens with zero attached hydrogens (tertiary/aromatic N) is 3. The van der Waals surface area contributed by atoms with Gasteiger partial charge in [-0.05, 0) is 18.9 Å². The molecule has 1 unspecified atom stereocenters. The smallest absolute Gasteiger partial charge is 0.146 e. The van der Waals surface area contributed by atoms with Gasteiger partial charge in [0.2, 0.25) is 0 Å². The Kier molecular flexibility index (Phi) is 6.41. The Morgan fingerprint density at radius 1 is 1.14 bits per heavy atom. The zero-order valence-electron chi connectivity index (χ0n) is 13.1. The summed E-state index contributed by atoms with van der Waals surface area (Å²) in [6.45, 7) is 6.03. The number of aromatic nitrogens is 3. The highest BCUT2D eigenvalue weighted by Gasteiger charge is 2.12. The second kappa shape index (κ2) is 8.57. The third-order valence-corrected chi connectivity index (χ3v) is 3.84. The van der Waals surface area contributed by atoms with Gasteiger partial charge >= 0.3 is 0 Å². The van der Waals surface area contributed by atoms with E-state index >= 15 is 0 Å². The van der Waals surface area contributed by atoms with E-state index in [1.807, 2.05) is 0 Å². The van der Waals surface area contributed by atoms with Gasteiger partial charge in [0.25, 0.3) is 0 Å². The van der Waals surface area contributed by atoms with Gasteiger partial charge in [0, 0.05) is 12.6 Å². The van der Waals surface area contributed by atoms with Gasteiger partial charge in [0.15, 0.2) is 0 Å². The molecule has 0 fully saturated rings. The van der Waals surface area contributed by atoms with Crippen molar-refractivity contribution in [1.29, 1.82) is 0 Å². The van der Waals surface area contributed by atoms with E-state index in [1.54, 1.807) is 6.33 Å². The van der Waals surface area contributed by atoms with E-state index < -0.39 is 0 Å². The summed E-state index contributed by atoms with van der Waals surface area (Å²) in [5, 5.41) is 11.8. The van der Waals surface area contributed by atoms with Crippen LogP contribution in [0.25, 0.3) is 0 Å². The van der Waals surface area contributed by atoms with Crippen molar-refractivity contribution in [3.05, 3.63) is 48.0 Å². The molecule has 0 radical (unpaired) electrons. The lowest BCUT2D eigenvalue weighted by atomic mass is 10.0. The topological polar surface area (TPSA) is 42.7 Å². The Labute approximate surface area is 127 Å². The Morgan fingerprint density at radius 2 is 1.95 bits per heavy atom. The van der Waals surface area contributed by atoms with Crippen LogP contribution in [0.1, 0.15) is 57.0 Å². The predicted octanol–water partition coefficient (Wildman–Crippen LogP) is 3.71. The van der Waals surface area contributed by atoms with E-state index in [-0.39, 0.29) is 0 Å². The van der Waals surface area contributed by atoms with Crippen molar-refractivity contribution in [1.82, 2.24) is 20.1 Å². The first-order valence-corrected chi connectivity index (χ1v) is 8.00. The highest BCUT2D eigenvalue weighted by atomic mass is 15.3. The molecule has 4 heteroatoms. The summed E-state index contributed by atoms with van der Waals surface area (Å²) in [4.78, 5) is 0. The average molecular weight is 286 g/mol. The molecule has 2 aromatic rings. The van der Waals surface area contributed by atoms with E-state index in [2.05, 4.69) is 64.3 Å². The lowest BCUT2D eigenvalue weighted by Crippen LogP contribution is -2.23. The summed E-state index contributed by atoms with van der Waals surface area (Å²) in [5.41, 5.74) is 1.36. The predicted molar refractivity (Wildman–Crippen MR) is 85.9 cm³/mol. The zero-order chi connectivity index (χ0) is 14.9. The van der Waals surface area contributed by atoms with Crippen molar-refractivity contribution in [3.8, 4) is 0 Å². The summed E-state index contributed by atoms with van der Waals surface area (Å²) < 4.78 is 2.08. The number of hydrogen-bond donors (Lipinski definition) is 1. The molecule has 1 aromatic heterocycles. The summed E-state index contributed by atoms with van der Waals surface area (Å²) in [5.74, 6) is 1.01. The monoisotopic (exact) mass is 286 g/mol. The minimum atomic E-state index is 0.389. The van der Waals surface area contributed by atoms with Crippen LogP contribution in [0.2, 0.25) is 0 Å². The second-order valence-corrected chi connectivity index (χ2v) is 5.37. The molecule has 1 atom stereocenters. The molecule has 0 amide bonds. The minimum absolute atomic E-state index is 0.389. The molecule has 114 valence electrons. The van der Waals surface area contributed by atoms with Crippen LogP contribution in [0.4, 0.5) is 0 Å². The van der Waals surface area contributed by atoms with Gasteiger partial charge in [-0.2, -0.15) is 0 Å². The van der Waals surface area contributed by atoms with Gasteiger partial charge in [-0.1, -0.05) is 56.5 Å². The van der Waals surface area contributed by atoms with Crippen molar-refractivity contribution >= 4 is 0 Å². The van der Waals surface area contributed by atoms with E-state index in [1.165, 1.54) is 24.8 Å². The lowest BCUT2D eigenvalue weighted by molar-refractivity contribution is 0.460. The van der Waals surface area contributed by atoms with Crippen molar-refractivity contribution < 1.29 is 0 Å². The highest BCUT2D eigenvalue weighted by Crippen LogP contribution is 2.20. The van der Waals surface area contributed by atoms with Crippen molar-refractivity contribution in [3.63, 3.8) is 0 Å². The number of benzene rings is 1. The molecule has 0 aliphatic rings. The van der Waals surface area contributed by atoms with Gasteiger partial charge in [0.1, 0.15) is 12.2 Å². The minimum Gasteiger partial charge on any atom is -0.317 e. The molecule has 1 aromatic carbocycles. The number of hydrogen-bond acceptors (Lipinski definition) is 3. The maximum Gasteiger partial charge on any atom is 0.146 e. The molecule has 1 N–H and O–H groups in total. The summed E-state index contributed by atoms with van der Waals surface area (Å²) in [6.07, 6.45) is 6.76. The maximum absolute atomic E-state index is 4.20. The fraction of sp³-hybridized carbons (Fsp3) is 0.529. The first-order chi connectivity index (χ1) is 10.3. The van der Waals surface area contributed by atoms with Crippen LogP contribution in [-0.4, -0.2) is 14.8 Å². The quantitative estimate of drug-likeness (QED) is 0.715. The maximum atomic E-state index is 4.20. The van der Waals surface area contributed by atoms with Gasteiger partial charge in [-0.3, -0.25) is 0 Å². The van der Waals surface area contributed by atoms with E-state index in [4.69, 9.17) is 0 Å². The highest BCUT2D eigenvalue weighted by molar-refractivity contribution is 5.18. The lowest BCUT2D eigenvalue weighted by Gasteiger charge is -2.19. The van der Waals surface area contributed by atoms with Crippen LogP contribution in [-0.2, 0) is 13.1 Å². The van der Waals surface area contributed by atoms with Crippen molar-refractivity contribution in [2.75, 3.05) is 0 Å². The van der Waals surface area contributed by atoms with Gasteiger partial charge < -0.3 is 9.88 Å². The van der Waals surface area contributed by atoms with E-state index in [9.17, 15) is 0 Å². The molecule has 2 rings (SSSR count). The van der Waals surface area contributed by atoms with Crippen LogP contribution in [0.5, 0.6) is 0 Å². The molecule has 0 aliphatic heterocycles. The summed E-state index contributed by atoms with van der Waals surface area (Å²) >= 11 is 0. The second-order valence-electron chi connectivity index (χ2n) is 5.37. The Hall–Kier alpha value is -1.68.